The lowest BCUT2D eigenvalue weighted by molar-refractivity contribution is -0.00184. The molecule has 0 aromatic rings. The van der Waals surface area contributed by atoms with Gasteiger partial charge in [0.05, 0.1) is 12.2 Å². The van der Waals surface area contributed by atoms with E-state index in [1.807, 2.05) is 0 Å². The molecule has 0 spiro atoms. The van der Waals surface area contributed by atoms with Crippen LogP contribution in [0.4, 0.5) is 0 Å². The van der Waals surface area contributed by atoms with E-state index in [1.165, 1.54) is 0 Å². The van der Waals surface area contributed by atoms with Gasteiger partial charge >= 0.3 is 0 Å². The Balaban J connectivity index is 2.09. The van der Waals surface area contributed by atoms with Gasteiger partial charge in [0, 0.05) is 0 Å². The summed E-state index contributed by atoms with van der Waals surface area (Å²) in [5, 5.41) is 18.8. The Morgan fingerprint density at radius 3 is 1.90 bits per heavy atom. The van der Waals surface area contributed by atoms with Crippen molar-refractivity contribution in [3.05, 3.63) is 0 Å². The number of hydrogen-bond acceptors (Lipinski definition) is 2. The highest BCUT2D eigenvalue weighted by Crippen LogP contribution is 2.41. The molecule has 0 amide bonds. The van der Waals surface area contributed by atoms with Gasteiger partial charge in [-0.1, -0.05) is 0 Å². The zero-order valence-electron chi connectivity index (χ0n) is 6.03. The number of fused-ring (bicyclic) bond motifs is 2. The van der Waals surface area contributed by atoms with Crippen molar-refractivity contribution in [1.29, 1.82) is 0 Å². The van der Waals surface area contributed by atoms with Crippen LogP contribution in [0.2, 0.25) is 0 Å². The molecule has 0 aromatic heterocycles. The van der Waals surface area contributed by atoms with E-state index in [2.05, 4.69) is 0 Å². The number of rotatable bonds is 0. The molecule has 0 heterocycles. The van der Waals surface area contributed by atoms with E-state index in [0.29, 0.717) is 11.8 Å². The summed E-state index contributed by atoms with van der Waals surface area (Å²) in [7, 11) is 0. The summed E-state index contributed by atoms with van der Waals surface area (Å²) < 4.78 is 0. The summed E-state index contributed by atoms with van der Waals surface area (Å²) in [5.41, 5.74) is 0. The lowest BCUT2D eigenvalue weighted by Gasteiger charge is -2.28. The molecule has 2 heteroatoms. The van der Waals surface area contributed by atoms with Gasteiger partial charge in [0.1, 0.15) is 0 Å². The van der Waals surface area contributed by atoms with Gasteiger partial charge < -0.3 is 10.2 Å². The molecule has 0 aliphatic heterocycles. The second kappa shape index (κ2) is 2.21. The first-order valence-corrected chi connectivity index (χ1v) is 4.13. The van der Waals surface area contributed by atoms with Gasteiger partial charge in [-0.2, -0.15) is 0 Å². The van der Waals surface area contributed by atoms with Crippen LogP contribution in [0.25, 0.3) is 0 Å². The van der Waals surface area contributed by atoms with Crippen LogP contribution in [0.15, 0.2) is 0 Å². The molecular formula is C8H14O2. The van der Waals surface area contributed by atoms with Crippen LogP contribution >= 0.6 is 0 Å². The van der Waals surface area contributed by atoms with Gasteiger partial charge in [-0.25, -0.2) is 0 Å². The third kappa shape index (κ3) is 0.867. The Labute approximate surface area is 60.9 Å². The number of aliphatic hydroxyl groups is 2. The first-order chi connectivity index (χ1) is 4.77. The first-order valence-electron chi connectivity index (χ1n) is 4.13. The van der Waals surface area contributed by atoms with E-state index in [9.17, 15) is 10.2 Å². The average molecular weight is 142 g/mol. The number of hydrogen-bond donors (Lipinski definition) is 2. The van der Waals surface area contributed by atoms with E-state index in [1.54, 1.807) is 0 Å². The Kier molecular flexibility index (Phi) is 1.46. The molecule has 0 aromatic carbocycles. The highest BCUT2D eigenvalue weighted by Gasteiger charge is 2.40. The average Bonchev–Trinajstić information content (AvgIpc) is 2.20. The summed E-state index contributed by atoms with van der Waals surface area (Å²) in [6.45, 7) is 0. The van der Waals surface area contributed by atoms with Crippen molar-refractivity contribution in [3.63, 3.8) is 0 Å². The second-order valence-electron chi connectivity index (χ2n) is 3.71. The largest absolute Gasteiger partial charge is 0.393 e. The molecule has 2 aliphatic rings. The molecule has 2 nitrogen and oxygen atoms in total. The molecular weight excluding hydrogens is 128 g/mol. The highest BCUT2D eigenvalue weighted by molar-refractivity contribution is 4.91. The third-order valence-electron chi connectivity index (χ3n) is 3.02. The highest BCUT2D eigenvalue weighted by atomic mass is 16.3. The van der Waals surface area contributed by atoms with Crippen LogP contribution in [0.5, 0.6) is 0 Å². The zero-order chi connectivity index (χ0) is 7.14. The topological polar surface area (TPSA) is 40.5 Å². The van der Waals surface area contributed by atoms with E-state index in [0.717, 1.165) is 25.7 Å². The van der Waals surface area contributed by atoms with Crippen LogP contribution in [0.1, 0.15) is 25.7 Å². The Morgan fingerprint density at radius 2 is 1.40 bits per heavy atom. The molecule has 2 atom stereocenters. The maximum atomic E-state index is 9.52. The Hall–Kier alpha value is -0.0800. The maximum Gasteiger partial charge on any atom is 0.0598 e. The van der Waals surface area contributed by atoms with Crippen molar-refractivity contribution in [2.24, 2.45) is 11.8 Å². The minimum atomic E-state index is -0.124. The Bertz CT molecular complexity index is 121. The van der Waals surface area contributed by atoms with Crippen molar-refractivity contribution >= 4 is 0 Å². The minimum Gasteiger partial charge on any atom is -0.393 e. The minimum absolute atomic E-state index is 0.0941. The second-order valence-corrected chi connectivity index (χ2v) is 3.71. The fourth-order valence-corrected chi connectivity index (χ4v) is 2.46. The summed E-state index contributed by atoms with van der Waals surface area (Å²) in [6.07, 6.45) is 3.70. The molecule has 2 saturated carbocycles. The monoisotopic (exact) mass is 142 g/mol. The summed E-state index contributed by atoms with van der Waals surface area (Å²) in [4.78, 5) is 0. The molecule has 0 radical (unpaired) electrons. The Morgan fingerprint density at radius 1 is 0.900 bits per heavy atom. The van der Waals surface area contributed by atoms with Gasteiger partial charge in [0.15, 0.2) is 0 Å². The summed E-state index contributed by atoms with van der Waals surface area (Å²) >= 11 is 0. The number of aliphatic hydroxyl groups excluding tert-OH is 2. The van der Waals surface area contributed by atoms with Gasteiger partial charge in [-0.3, -0.25) is 0 Å². The molecule has 2 rings (SSSR count). The van der Waals surface area contributed by atoms with Crippen LogP contribution < -0.4 is 0 Å². The predicted molar refractivity (Wildman–Crippen MR) is 37.5 cm³/mol. The van der Waals surface area contributed by atoms with Crippen LogP contribution in [-0.2, 0) is 0 Å². The lowest BCUT2D eigenvalue weighted by atomic mass is 9.84. The maximum absolute atomic E-state index is 9.52. The molecule has 2 bridgehead atoms. The quantitative estimate of drug-likeness (QED) is 0.518. The molecule has 0 saturated heterocycles. The summed E-state index contributed by atoms with van der Waals surface area (Å²) in [6, 6.07) is 0. The van der Waals surface area contributed by atoms with E-state index >= 15 is 0 Å². The van der Waals surface area contributed by atoms with Gasteiger partial charge in [0.25, 0.3) is 0 Å². The van der Waals surface area contributed by atoms with Crippen molar-refractivity contribution in [2.75, 3.05) is 0 Å². The summed E-state index contributed by atoms with van der Waals surface area (Å²) in [5.74, 6) is 0.822. The lowest BCUT2D eigenvalue weighted by Crippen LogP contribution is -2.32. The molecule has 2 aliphatic carbocycles. The molecule has 58 valence electrons. The van der Waals surface area contributed by atoms with E-state index in [4.69, 9.17) is 0 Å². The molecule has 2 fully saturated rings. The SMILES string of the molecule is OC1CC2CCC(C1)C2O. The zero-order valence-corrected chi connectivity index (χ0v) is 6.03. The van der Waals surface area contributed by atoms with Crippen molar-refractivity contribution in [1.82, 2.24) is 0 Å². The van der Waals surface area contributed by atoms with Gasteiger partial charge in [0.2, 0.25) is 0 Å². The predicted octanol–water partition coefficient (Wildman–Crippen LogP) is 0.528. The smallest absolute Gasteiger partial charge is 0.0598 e. The normalized spacial score (nSPS) is 53.4. The third-order valence-corrected chi connectivity index (χ3v) is 3.02. The fourth-order valence-electron chi connectivity index (χ4n) is 2.46. The van der Waals surface area contributed by atoms with Gasteiger partial charge in [-0.15, -0.1) is 0 Å². The fraction of sp³-hybridized carbons (Fsp3) is 1.00. The van der Waals surface area contributed by atoms with Crippen molar-refractivity contribution in [2.45, 2.75) is 37.9 Å². The van der Waals surface area contributed by atoms with Crippen molar-refractivity contribution in [3.8, 4) is 0 Å². The van der Waals surface area contributed by atoms with Crippen molar-refractivity contribution < 1.29 is 10.2 Å². The van der Waals surface area contributed by atoms with Crippen LogP contribution in [0.3, 0.4) is 0 Å². The molecule has 2 unspecified atom stereocenters. The van der Waals surface area contributed by atoms with Crippen LogP contribution in [-0.4, -0.2) is 22.4 Å². The first kappa shape index (κ1) is 6.62. The molecule has 2 N–H and O–H groups in total. The van der Waals surface area contributed by atoms with E-state index < -0.39 is 0 Å². The standard InChI is InChI=1S/C8H14O2/c9-7-3-5-1-2-6(4-7)8(5)10/h5-10H,1-4H2. The van der Waals surface area contributed by atoms with E-state index in [-0.39, 0.29) is 12.2 Å². The van der Waals surface area contributed by atoms with Gasteiger partial charge in [-0.05, 0) is 37.5 Å². The molecule has 10 heavy (non-hydrogen) atoms. The van der Waals surface area contributed by atoms with Crippen LogP contribution in [0, 0.1) is 11.8 Å².